The third kappa shape index (κ3) is 31800. The van der Waals surface area contributed by atoms with Gasteiger partial charge in [-0.3, -0.25) is 75.8 Å². The van der Waals surface area contributed by atoms with Gasteiger partial charge in [0.25, 0.3) is 0 Å². The van der Waals surface area contributed by atoms with E-state index in [-0.39, 0.29) is 104 Å². The Balaban J connectivity index is -0.0000000217. The van der Waals surface area contributed by atoms with E-state index in [9.17, 15) is 0 Å². The van der Waals surface area contributed by atoms with E-state index in [4.69, 9.17) is 158 Å². The summed E-state index contributed by atoms with van der Waals surface area (Å²) in [5, 5.41) is 0. The first-order valence-electron chi connectivity index (χ1n) is 6.00. The Bertz CT molecular complexity index is 1240. The summed E-state index contributed by atoms with van der Waals surface area (Å²) in [5.41, 5.74) is 0. The number of rotatable bonds is 0. The molecule has 0 bridgehead atoms. The van der Waals surface area contributed by atoms with Crippen LogP contribution < -0.4 is 0 Å². The first-order chi connectivity index (χ1) is 18.0. The van der Waals surface area contributed by atoms with Crippen LogP contribution in [0, 0.1) is 0 Å². The predicted octanol–water partition coefficient (Wildman–Crippen LogP) is -14.3. The molecule has 0 saturated heterocycles. The molecule has 0 aromatic carbocycles. The molecule has 0 aromatic rings. The Hall–Kier alpha value is 2.02. The van der Waals surface area contributed by atoms with E-state index in [0.29, 0.717) is 0 Å². The van der Waals surface area contributed by atoms with Gasteiger partial charge in [-0.05, 0) is 0 Å². The molecule has 0 aliphatic carbocycles. The standard InChI is InChI=1S/6Al.9H2O4S/c;;;;;;9*1-5(2,3)4/h;;;;;;9*(H2,1,2,3,4)/q6*+3;;;;;;;;;/p-18. The second-order valence-corrected chi connectivity index (χ2v) is 11.0. The van der Waals surface area contributed by atoms with Crippen molar-refractivity contribution in [3.63, 3.8) is 0 Å². The number of hydrogen-bond acceptors (Lipinski definition) is 36. The summed E-state index contributed by atoms with van der Waals surface area (Å²) in [6.07, 6.45) is 0. The Morgan fingerprint density at radius 1 is 0.137 bits per heavy atom. The minimum atomic E-state index is -5.17. The van der Waals surface area contributed by atoms with Crippen LogP contribution in [0.2, 0.25) is 0 Å². The second kappa shape index (κ2) is 43.2. The van der Waals surface area contributed by atoms with Crippen LogP contribution in [0.25, 0.3) is 0 Å². The third-order valence-corrected chi connectivity index (χ3v) is 0. The normalized spacial score (nSPS) is 10.2. The van der Waals surface area contributed by atoms with Crippen LogP contribution in [-0.4, -0.2) is 262 Å². The zero-order valence-electron chi connectivity index (χ0n) is 21.8. The summed E-state index contributed by atoms with van der Waals surface area (Å²) < 4.78 is 307. The van der Waals surface area contributed by atoms with Crippen molar-refractivity contribution in [3.8, 4) is 0 Å². The van der Waals surface area contributed by atoms with E-state index in [0.717, 1.165) is 0 Å². The molecule has 288 valence electrons. The van der Waals surface area contributed by atoms with Gasteiger partial charge in [0.1, 0.15) is 0 Å². The van der Waals surface area contributed by atoms with Gasteiger partial charge in [0, 0.05) is 93.6 Å². The molecule has 0 aromatic heterocycles. The van der Waals surface area contributed by atoms with Crippen molar-refractivity contribution in [2.45, 2.75) is 0 Å². The van der Waals surface area contributed by atoms with Gasteiger partial charge in [-0.15, -0.1) is 0 Å². The summed E-state index contributed by atoms with van der Waals surface area (Å²) >= 11 is 0. The molecule has 0 amide bonds. The predicted molar refractivity (Wildman–Crippen MR) is 129 cm³/mol. The molecular formula is Al6O36S9. The average molecular weight is 1030 g/mol. The van der Waals surface area contributed by atoms with Gasteiger partial charge in [0.15, 0.2) is 0 Å². The topological polar surface area (TPSA) is 722 Å². The van der Waals surface area contributed by atoms with Crippen LogP contribution >= 0.6 is 0 Å². The average Bonchev–Trinajstić information content (AvgIpc) is 2.26. The van der Waals surface area contributed by atoms with Gasteiger partial charge >= 0.3 is 104 Å². The molecule has 0 rings (SSSR count). The molecule has 0 spiro atoms. The monoisotopic (exact) mass is 1030 g/mol. The van der Waals surface area contributed by atoms with Crippen molar-refractivity contribution in [1.29, 1.82) is 0 Å². The molecule has 0 heterocycles. The Kier molecular flexibility index (Phi) is 84.0. The third-order valence-electron chi connectivity index (χ3n) is 0. The second-order valence-electron chi connectivity index (χ2n) is 3.67. The molecule has 0 aliphatic rings. The van der Waals surface area contributed by atoms with E-state index in [1.807, 2.05) is 0 Å². The van der Waals surface area contributed by atoms with Gasteiger partial charge in [-0.1, -0.05) is 0 Å². The van der Waals surface area contributed by atoms with Crippen LogP contribution in [-0.2, 0) is 93.6 Å². The summed E-state index contributed by atoms with van der Waals surface area (Å²) in [6.45, 7) is 0. The smallest absolute Gasteiger partial charge is 0.759 e. The molecule has 0 atom stereocenters. The van der Waals surface area contributed by atoms with E-state index in [2.05, 4.69) is 0 Å². The maximum Gasteiger partial charge on any atom is 3.00 e. The van der Waals surface area contributed by atoms with Crippen LogP contribution in [0.3, 0.4) is 0 Å². The Morgan fingerprint density at radius 3 is 0.137 bits per heavy atom. The molecule has 0 saturated carbocycles. The summed E-state index contributed by atoms with van der Waals surface area (Å²) in [6, 6.07) is 0. The minimum Gasteiger partial charge on any atom is -0.759 e. The van der Waals surface area contributed by atoms with E-state index in [1.54, 1.807) is 0 Å². The van der Waals surface area contributed by atoms with E-state index < -0.39 is 93.6 Å². The van der Waals surface area contributed by atoms with Crippen LogP contribution in [0.1, 0.15) is 0 Å². The van der Waals surface area contributed by atoms with Gasteiger partial charge in [-0.2, -0.15) is 0 Å². The van der Waals surface area contributed by atoms with E-state index >= 15 is 0 Å². The van der Waals surface area contributed by atoms with Gasteiger partial charge in [0.05, 0.1) is 0 Å². The van der Waals surface area contributed by atoms with Crippen molar-refractivity contribution < 1.29 is 158 Å². The van der Waals surface area contributed by atoms with Crippen LogP contribution in [0.4, 0.5) is 0 Å². The van der Waals surface area contributed by atoms with Crippen LogP contribution in [0.15, 0.2) is 0 Å². The molecule has 0 aliphatic heterocycles. The van der Waals surface area contributed by atoms with E-state index in [1.165, 1.54) is 0 Å². The molecule has 36 nitrogen and oxygen atoms in total. The first-order valence-corrected chi connectivity index (χ1v) is 18.0. The molecule has 0 radical (unpaired) electrons. The Morgan fingerprint density at radius 2 is 0.137 bits per heavy atom. The molecular weight excluding hydrogens is 1030 g/mol. The van der Waals surface area contributed by atoms with Crippen molar-refractivity contribution in [3.05, 3.63) is 0 Å². The molecule has 51 heavy (non-hydrogen) atoms. The minimum absolute atomic E-state index is 0. The zero-order chi connectivity index (χ0) is 40.5. The molecule has 0 unspecified atom stereocenters. The van der Waals surface area contributed by atoms with Gasteiger partial charge in [0.2, 0.25) is 0 Å². The molecule has 0 fully saturated rings. The fraction of sp³-hybridized carbons (Fsp3) is 0. The Labute approximate surface area is 351 Å². The summed E-state index contributed by atoms with van der Waals surface area (Å²) in [4.78, 5) is 0. The summed E-state index contributed by atoms with van der Waals surface area (Å²) in [5.74, 6) is 0. The van der Waals surface area contributed by atoms with Crippen molar-refractivity contribution in [2.75, 3.05) is 0 Å². The first kappa shape index (κ1) is 99.3. The largest absolute Gasteiger partial charge is 3.00 e. The maximum absolute atomic E-state index is 8.52. The van der Waals surface area contributed by atoms with Gasteiger partial charge < -0.3 is 81.9 Å². The fourth-order valence-electron chi connectivity index (χ4n) is 0. The fourth-order valence-corrected chi connectivity index (χ4v) is 0. The number of hydrogen-bond donors (Lipinski definition) is 0. The SMILES string of the molecule is O=S(=O)([O-])[O-].O=S(=O)([O-])[O-].O=S(=O)([O-])[O-].O=S(=O)([O-])[O-].O=S(=O)([O-])[O-].O=S(=O)([O-])[O-].O=S(=O)([O-])[O-].O=S(=O)([O-])[O-].O=S(=O)([O-])[O-].[Al+3].[Al+3].[Al+3].[Al+3].[Al+3].[Al+3]. The quantitative estimate of drug-likeness (QED) is 0.123. The summed E-state index contributed by atoms with van der Waals surface area (Å²) in [7, 11) is -46.5. The van der Waals surface area contributed by atoms with Gasteiger partial charge in [-0.25, -0.2) is 0 Å². The van der Waals surface area contributed by atoms with Crippen molar-refractivity contribution in [1.82, 2.24) is 0 Å². The molecule has 51 heteroatoms. The molecule has 0 N–H and O–H groups in total. The van der Waals surface area contributed by atoms with Crippen LogP contribution in [0.5, 0.6) is 0 Å². The zero-order valence-corrected chi connectivity index (χ0v) is 36.1. The maximum atomic E-state index is 8.52. The van der Waals surface area contributed by atoms with Crippen molar-refractivity contribution in [2.24, 2.45) is 0 Å². The van der Waals surface area contributed by atoms with Crippen molar-refractivity contribution >= 4 is 198 Å².